The molecule has 8 rings (SSSR count). The number of carbonyl (C=O) groups excluding carboxylic acids is 10. The Bertz CT molecular complexity index is 2910. The first kappa shape index (κ1) is 69.4. The van der Waals surface area contributed by atoms with Crippen LogP contribution >= 0.6 is 11.3 Å². The number of carbonyl (C=O) groups is 10. The Morgan fingerprint density at radius 3 is 1.39 bits per heavy atom. The van der Waals surface area contributed by atoms with Crippen LogP contribution in [0.4, 0.5) is 9.59 Å². The van der Waals surface area contributed by atoms with Gasteiger partial charge in [0.25, 0.3) is 11.8 Å². The SMILES string of the molecule is C.C=C(c1ccccc1)[C@@H](NC(=O)N[C@H](C(=O)N1C[C@H]2[C@@H]([C@H]1C(=O)NC(CC1CC1)C(=O)C(N)=O)C2(C)C)C(C)(C)C)C(C)C.CC(C)[C@@H](Cc1nccs1)NC(=O)N[C@H](C(=O)N1C[C@H]2[C@@H]([C@H]1C(=O)NC(CC1CC1)C(=O)C(N)=O)C2(C)C)C(C)(C)C. The van der Waals surface area contributed by atoms with E-state index in [0.717, 1.165) is 41.8 Å². The van der Waals surface area contributed by atoms with Crippen molar-refractivity contribution >= 4 is 76.0 Å². The second-order valence-electron chi connectivity index (χ2n) is 29.1. The largest absolute Gasteiger partial charge is 0.363 e. The molecule has 480 valence electrons. The number of piperidine rings is 2. The fourth-order valence-electron chi connectivity index (χ4n) is 13.1. The minimum atomic E-state index is -1.09. The third-order valence-corrected chi connectivity index (χ3v) is 19.9. The number of amides is 10. The second kappa shape index (κ2) is 26.9. The molecule has 1 aromatic carbocycles. The van der Waals surface area contributed by atoms with Crippen LogP contribution in [0.3, 0.4) is 0 Å². The van der Waals surface area contributed by atoms with E-state index in [1.807, 2.05) is 105 Å². The van der Waals surface area contributed by atoms with Gasteiger partial charge in [-0.25, -0.2) is 14.6 Å². The molecule has 87 heavy (non-hydrogen) atoms. The average Bonchev–Trinajstić information content (AvgIpc) is 1.54. The third kappa shape index (κ3) is 16.3. The standard InChI is InChI=1S/C34H49N5O5.C30H46N6O5S.CH4/c1-18(2)25(19(3)21-12-10-9-11-13-21)37-32(44)38-28(33(4,5)6)31(43)39-17-22-24(34(22,7)8)26(39)30(42)36-23(16-20-14-15-20)27(40)29(35)41;1-15(2)18(13-20-32-10-11-42-20)34-28(41)35-24(29(3,4)5)27(40)36-14-17-21(30(17,6)7)22(36)26(39)33-19(12-16-8-9-16)23(37)25(31)38;/h9-13,18,20,22-26,28H,3,14-17H2,1-2,4-8H3,(H2,35,41)(H,36,42)(H2,37,38,44);10-11,15-19,21-22,24H,8-9,12-14H2,1-7H3,(H2,31,38)(H,33,39)(H2,34,35,41);1H4/t22-,23?,24-,25-,26-,28+;17-,18+,19?,21-,22-,24+;/m00./s1. The highest BCUT2D eigenvalue weighted by Crippen LogP contribution is 2.66. The highest BCUT2D eigenvalue weighted by molar-refractivity contribution is 7.09. The van der Waals surface area contributed by atoms with Crippen molar-refractivity contribution in [3.05, 3.63) is 59.1 Å². The van der Waals surface area contributed by atoms with E-state index in [4.69, 9.17) is 11.5 Å². The quantitative estimate of drug-likeness (QED) is 0.0552. The van der Waals surface area contributed by atoms with Crippen LogP contribution in [-0.4, -0.2) is 135 Å². The molecule has 6 fully saturated rings. The monoisotopic (exact) mass is 1230 g/mol. The molecule has 10 N–H and O–H groups in total. The van der Waals surface area contributed by atoms with Gasteiger partial charge in [0.15, 0.2) is 0 Å². The summed E-state index contributed by atoms with van der Waals surface area (Å²) in [5.74, 6) is -4.73. The number of benzene rings is 1. The van der Waals surface area contributed by atoms with Crippen LogP contribution in [0.25, 0.3) is 5.57 Å². The maximum absolute atomic E-state index is 14.3. The predicted octanol–water partition coefficient (Wildman–Crippen LogP) is 6.14. The summed E-state index contributed by atoms with van der Waals surface area (Å²) >= 11 is 1.53. The summed E-state index contributed by atoms with van der Waals surface area (Å²) in [4.78, 5) is 139. The summed E-state index contributed by atoms with van der Waals surface area (Å²) in [7, 11) is 0. The number of hydrogen-bond donors (Lipinski definition) is 8. The highest BCUT2D eigenvalue weighted by Gasteiger charge is 2.71. The van der Waals surface area contributed by atoms with Crippen molar-refractivity contribution in [2.45, 2.75) is 198 Å². The number of nitrogens with zero attached hydrogens (tertiary/aromatic N) is 3. The molecule has 12 atom stereocenters. The molecule has 2 unspecified atom stereocenters. The first-order valence-corrected chi connectivity index (χ1v) is 31.5. The predicted molar refractivity (Wildman–Crippen MR) is 335 cm³/mol. The van der Waals surface area contributed by atoms with Crippen molar-refractivity contribution in [1.82, 2.24) is 46.7 Å². The number of urea groups is 2. The van der Waals surface area contributed by atoms with Crippen molar-refractivity contribution in [2.24, 2.45) is 80.5 Å². The first-order chi connectivity index (χ1) is 40.0. The van der Waals surface area contributed by atoms with Crippen LogP contribution < -0.4 is 43.4 Å². The van der Waals surface area contributed by atoms with Gasteiger partial charge < -0.3 is 53.2 Å². The van der Waals surface area contributed by atoms with Crippen molar-refractivity contribution in [2.75, 3.05) is 13.1 Å². The fraction of sp³-hybridized carbons (Fsp3) is 0.677. The van der Waals surface area contributed by atoms with E-state index in [1.165, 1.54) is 11.3 Å². The number of rotatable bonds is 24. The molecule has 0 bridgehead atoms. The molecule has 0 radical (unpaired) electrons. The molecule has 3 heterocycles. The molecule has 21 nitrogen and oxygen atoms in total. The molecule has 6 aliphatic rings. The average molecular weight is 1230 g/mol. The zero-order chi connectivity index (χ0) is 63.9. The maximum atomic E-state index is 14.3. The van der Waals surface area contributed by atoms with E-state index in [0.29, 0.717) is 32.4 Å². The Labute approximate surface area is 518 Å². The van der Waals surface area contributed by atoms with E-state index in [9.17, 15) is 47.9 Å². The van der Waals surface area contributed by atoms with Gasteiger partial charge in [-0.2, -0.15) is 0 Å². The Morgan fingerprint density at radius 2 is 1.05 bits per heavy atom. The second-order valence-corrected chi connectivity index (χ2v) is 30.1. The lowest BCUT2D eigenvalue weighted by atomic mass is 9.85. The van der Waals surface area contributed by atoms with E-state index in [2.05, 4.69) is 71.2 Å². The Kier molecular flexibility index (Phi) is 21.5. The normalized spacial score (nSPS) is 24.1. The summed E-state index contributed by atoms with van der Waals surface area (Å²) < 4.78 is 0. The van der Waals surface area contributed by atoms with E-state index in [1.54, 1.807) is 16.0 Å². The number of Topliss-reactive ketones (excluding diaryl/α,β-unsaturated/α-hetero) is 2. The van der Waals surface area contributed by atoms with Gasteiger partial charge in [-0.15, -0.1) is 11.3 Å². The molecule has 2 aliphatic heterocycles. The summed E-state index contributed by atoms with van der Waals surface area (Å²) in [6.07, 6.45) is 6.76. The van der Waals surface area contributed by atoms with E-state index in [-0.39, 0.29) is 89.5 Å². The van der Waals surface area contributed by atoms with Gasteiger partial charge in [0.05, 0.1) is 23.1 Å². The van der Waals surface area contributed by atoms with Gasteiger partial charge in [-0.1, -0.05) is 167 Å². The Hall–Kier alpha value is -6.71. The molecule has 0 spiro atoms. The number of thiazole rings is 1. The van der Waals surface area contributed by atoms with E-state index < -0.39 is 94.3 Å². The van der Waals surface area contributed by atoms with E-state index >= 15 is 0 Å². The number of ketones is 2. The molecule has 22 heteroatoms. The number of hydrogen-bond acceptors (Lipinski definition) is 12. The Balaban J connectivity index is 0.000000275. The zero-order valence-corrected chi connectivity index (χ0v) is 53.7. The van der Waals surface area contributed by atoms with Crippen molar-refractivity contribution in [1.29, 1.82) is 0 Å². The lowest BCUT2D eigenvalue weighted by molar-refractivity contribution is -0.145. The smallest absolute Gasteiger partial charge is 0.315 e. The van der Waals surface area contributed by atoms with Crippen LogP contribution in [0, 0.1) is 69.0 Å². The lowest BCUT2D eigenvalue weighted by Crippen LogP contribution is -2.62. The van der Waals surface area contributed by atoms with Crippen LogP contribution in [0.1, 0.15) is 153 Å². The third-order valence-electron chi connectivity index (χ3n) is 19.1. The molecule has 2 saturated heterocycles. The number of primary amides is 2. The van der Waals surface area contributed by atoms with Gasteiger partial charge in [-0.05, 0) is 93.0 Å². The number of likely N-dealkylation sites (tertiary alicyclic amines) is 2. The highest BCUT2D eigenvalue weighted by atomic mass is 32.1. The van der Waals surface area contributed by atoms with Crippen LogP contribution in [-0.2, 0) is 44.8 Å². The summed E-state index contributed by atoms with van der Waals surface area (Å²) in [5.41, 5.74) is 10.6. The fourth-order valence-corrected chi connectivity index (χ4v) is 13.8. The van der Waals surface area contributed by atoms with Crippen molar-refractivity contribution in [3.63, 3.8) is 0 Å². The number of aromatic nitrogens is 1. The zero-order valence-electron chi connectivity index (χ0n) is 52.8. The molecule has 2 aromatic rings. The summed E-state index contributed by atoms with van der Waals surface area (Å²) in [6.45, 7) is 32.5. The van der Waals surface area contributed by atoms with Gasteiger partial charge >= 0.3 is 12.1 Å². The first-order valence-electron chi connectivity index (χ1n) is 30.6. The van der Waals surface area contributed by atoms with Crippen molar-refractivity contribution < 1.29 is 47.9 Å². The minimum absolute atomic E-state index is 0. The van der Waals surface area contributed by atoms with Gasteiger partial charge in [-0.3, -0.25) is 38.4 Å². The number of fused-ring (bicyclic) bond motifs is 2. The minimum Gasteiger partial charge on any atom is -0.363 e. The van der Waals surface area contributed by atoms with Crippen LogP contribution in [0.5, 0.6) is 0 Å². The number of nitrogens with one attached hydrogen (secondary N) is 6. The lowest BCUT2D eigenvalue weighted by Gasteiger charge is -2.38. The summed E-state index contributed by atoms with van der Waals surface area (Å²) in [6, 6.07) is 2.59. The topological polar surface area (TPSA) is 314 Å². The molecule has 4 aliphatic carbocycles. The number of nitrogens with two attached hydrogens (primary N) is 2. The Morgan fingerprint density at radius 1 is 0.632 bits per heavy atom. The molecule has 1 aromatic heterocycles. The molecular weight excluding hydrogens is 1130 g/mol. The van der Waals surface area contributed by atoms with Crippen LogP contribution in [0.15, 0.2) is 48.5 Å². The molecule has 10 amide bonds. The van der Waals surface area contributed by atoms with Gasteiger partial charge in [0, 0.05) is 37.1 Å². The van der Waals surface area contributed by atoms with Gasteiger partial charge in [0.2, 0.25) is 35.2 Å². The molecular formula is C65H99N11O10S. The molecule has 4 saturated carbocycles. The van der Waals surface area contributed by atoms with Crippen molar-refractivity contribution in [3.8, 4) is 0 Å². The van der Waals surface area contributed by atoms with Gasteiger partial charge in [0.1, 0.15) is 24.2 Å². The summed E-state index contributed by atoms with van der Waals surface area (Å²) in [5, 5.41) is 20.2. The maximum Gasteiger partial charge on any atom is 0.315 e. The van der Waals surface area contributed by atoms with Crippen LogP contribution in [0.2, 0.25) is 0 Å².